The number of anilines is 1. The minimum Gasteiger partial charge on any atom is -0.483 e. The first kappa shape index (κ1) is 24.9. The normalized spacial score (nSPS) is 10.6. The van der Waals surface area contributed by atoms with Crippen LogP contribution in [0.5, 0.6) is 5.75 Å². The molecule has 3 rings (SSSR count). The molecule has 1 amide bonds. The van der Waals surface area contributed by atoms with Gasteiger partial charge in [0.25, 0.3) is 5.91 Å². The molecule has 0 spiro atoms. The summed E-state index contributed by atoms with van der Waals surface area (Å²) in [5, 5.41) is 1.53. The molecule has 0 bridgehead atoms. The number of halogens is 3. The van der Waals surface area contributed by atoms with Crippen LogP contribution in [-0.4, -0.2) is 25.1 Å². The number of hydrogen-bond donors (Lipinski definition) is 0. The fourth-order valence-electron chi connectivity index (χ4n) is 3.13. The van der Waals surface area contributed by atoms with Crippen LogP contribution in [-0.2, 0) is 16.1 Å². The first-order chi connectivity index (χ1) is 15.8. The van der Waals surface area contributed by atoms with Crippen LogP contribution in [0.25, 0.3) is 0 Å². The number of amides is 1. The summed E-state index contributed by atoms with van der Waals surface area (Å²) in [6.07, 6.45) is 0. The SMILES string of the molecule is CCOC(=O)c1ccc(N(Cc2ccc(Cl)cc2Cl)C(=O)COc2ccc(Cl)cc2C)cc1. The Morgan fingerprint density at radius 2 is 1.58 bits per heavy atom. The van der Waals surface area contributed by atoms with Crippen LogP contribution in [0.15, 0.2) is 60.7 Å². The third-order valence-corrected chi connectivity index (χ3v) is 5.64. The number of ether oxygens (including phenoxy) is 2. The van der Waals surface area contributed by atoms with Crippen LogP contribution in [0.1, 0.15) is 28.4 Å². The summed E-state index contributed by atoms with van der Waals surface area (Å²) in [7, 11) is 0. The highest BCUT2D eigenvalue weighted by Gasteiger charge is 2.20. The van der Waals surface area contributed by atoms with Gasteiger partial charge in [0.15, 0.2) is 6.61 Å². The van der Waals surface area contributed by atoms with Crippen molar-refractivity contribution in [3.05, 3.63) is 92.4 Å². The maximum absolute atomic E-state index is 13.2. The molecule has 3 aromatic rings. The average Bonchev–Trinajstić information content (AvgIpc) is 2.78. The summed E-state index contributed by atoms with van der Waals surface area (Å²) in [5.74, 6) is -0.154. The predicted molar refractivity (Wildman–Crippen MR) is 132 cm³/mol. The Balaban J connectivity index is 1.85. The number of carbonyl (C=O) groups excluding carboxylic acids is 2. The van der Waals surface area contributed by atoms with Crippen molar-refractivity contribution in [2.75, 3.05) is 18.1 Å². The maximum atomic E-state index is 13.2. The van der Waals surface area contributed by atoms with Crippen LogP contribution < -0.4 is 9.64 Å². The molecule has 0 atom stereocenters. The second-order valence-electron chi connectivity index (χ2n) is 7.18. The zero-order valence-corrected chi connectivity index (χ0v) is 20.4. The van der Waals surface area contributed by atoms with E-state index in [1.165, 1.54) is 4.90 Å². The molecule has 0 N–H and O–H groups in total. The highest BCUT2D eigenvalue weighted by atomic mass is 35.5. The molecule has 0 heterocycles. The highest BCUT2D eigenvalue weighted by Crippen LogP contribution is 2.26. The van der Waals surface area contributed by atoms with E-state index in [0.29, 0.717) is 37.6 Å². The van der Waals surface area contributed by atoms with Gasteiger partial charge in [-0.25, -0.2) is 4.79 Å². The number of aryl methyl sites for hydroxylation is 1. The molecular weight excluding hydrogens is 485 g/mol. The third kappa shape index (κ3) is 6.64. The number of carbonyl (C=O) groups is 2. The van der Waals surface area contributed by atoms with Crippen LogP contribution in [0.3, 0.4) is 0 Å². The summed E-state index contributed by atoms with van der Waals surface area (Å²) in [6, 6.07) is 16.9. The van der Waals surface area contributed by atoms with E-state index in [1.54, 1.807) is 67.6 Å². The number of esters is 1. The lowest BCUT2D eigenvalue weighted by Crippen LogP contribution is -2.34. The monoisotopic (exact) mass is 505 g/mol. The quantitative estimate of drug-likeness (QED) is 0.317. The van der Waals surface area contributed by atoms with Crippen molar-refractivity contribution in [2.24, 2.45) is 0 Å². The lowest BCUT2D eigenvalue weighted by molar-refractivity contribution is -0.120. The van der Waals surface area contributed by atoms with Gasteiger partial charge in [-0.2, -0.15) is 0 Å². The van der Waals surface area contributed by atoms with E-state index in [9.17, 15) is 9.59 Å². The van der Waals surface area contributed by atoms with E-state index >= 15 is 0 Å². The van der Waals surface area contributed by atoms with E-state index < -0.39 is 5.97 Å². The van der Waals surface area contributed by atoms with Crippen molar-refractivity contribution < 1.29 is 19.1 Å². The van der Waals surface area contributed by atoms with Crippen molar-refractivity contribution >= 4 is 52.4 Å². The molecular formula is C25H22Cl3NO4. The topological polar surface area (TPSA) is 55.8 Å². The highest BCUT2D eigenvalue weighted by molar-refractivity contribution is 6.35. The summed E-state index contributed by atoms with van der Waals surface area (Å²) in [6.45, 7) is 3.86. The van der Waals surface area contributed by atoms with Gasteiger partial charge in [0, 0.05) is 20.8 Å². The molecule has 3 aromatic carbocycles. The Labute approximate surface area is 207 Å². The molecule has 0 saturated heterocycles. The smallest absolute Gasteiger partial charge is 0.338 e. The fourth-order valence-corrected chi connectivity index (χ4v) is 3.82. The minimum absolute atomic E-state index is 0.191. The molecule has 172 valence electrons. The van der Waals surface area contributed by atoms with E-state index in [0.717, 1.165) is 5.56 Å². The fraction of sp³-hybridized carbons (Fsp3) is 0.200. The van der Waals surface area contributed by atoms with Gasteiger partial charge < -0.3 is 14.4 Å². The van der Waals surface area contributed by atoms with Gasteiger partial charge in [0.05, 0.1) is 18.7 Å². The van der Waals surface area contributed by atoms with Gasteiger partial charge >= 0.3 is 5.97 Å². The summed E-state index contributed by atoms with van der Waals surface area (Å²) in [4.78, 5) is 26.7. The van der Waals surface area contributed by atoms with Crippen LogP contribution in [0.2, 0.25) is 15.1 Å². The molecule has 0 fully saturated rings. The molecule has 0 aliphatic carbocycles. The molecule has 0 aromatic heterocycles. The van der Waals surface area contributed by atoms with Gasteiger partial charge in [0.1, 0.15) is 5.75 Å². The van der Waals surface area contributed by atoms with Crippen molar-refractivity contribution in [3.63, 3.8) is 0 Å². The second kappa shape index (κ2) is 11.4. The largest absolute Gasteiger partial charge is 0.483 e. The first-order valence-corrected chi connectivity index (χ1v) is 11.3. The third-order valence-electron chi connectivity index (χ3n) is 4.82. The van der Waals surface area contributed by atoms with E-state index in [-0.39, 0.29) is 25.7 Å². The first-order valence-electron chi connectivity index (χ1n) is 10.2. The molecule has 0 saturated carbocycles. The van der Waals surface area contributed by atoms with Gasteiger partial charge in [-0.05, 0) is 79.6 Å². The van der Waals surface area contributed by atoms with Crippen molar-refractivity contribution in [1.29, 1.82) is 0 Å². The maximum Gasteiger partial charge on any atom is 0.338 e. The molecule has 0 aliphatic heterocycles. The molecule has 5 nitrogen and oxygen atoms in total. The summed E-state index contributed by atoms with van der Waals surface area (Å²) < 4.78 is 10.8. The standard InChI is InChI=1S/C25H22Cl3NO4/c1-3-32-25(31)17-5-9-21(10-6-17)29(14-18-4-7-20(27)13-22(18)28)24(30)15-33-23-11-8-19(26)12-16(23)2/h4-13H,3,14-15H2,1-2H3. The van der Waals surface area contributed by atoms with Gasteiger partial charge in [-0.15, -0.1) is 0 Å². The Morgan fingerprint density at radius 3 is 2.21 bits per heavy atom. The Kier molecular flexibility index (Phi) is 8.61. The Morgan fingerprint density at radius 1 is 0.909 bits per heavy atom. The molecule has 0 unspecified atom stereocenters. The van der Waals surface area contributed by atoms with Crippen molar-refractivity contribution in [3.8, 4) is 5.75 Å². The van der Waals surface area contributed by atoms with Gasteiger partial charge in [-0.1, -0.05) is 40.9 Å². The predicted octanol–water partition coefficient (Wildman–Crippen LogP) is 6.74. The van der Waals surface area contributed by atoms with Crippen LogP contribution in [0.4, 0.5) is 5.69 Å². The molecule has 8 heteroatoms. The van der Waals surface area contributed by atoms with Gasteiger partial charge in [0.2, 0.25) is 0 Å². The van der Waals surface area contributed by atoms with Gasteiger partial charge in [-0.3, -0.25) is 4.79 Å². The van der Waals surface area contributed by atoms with Crippen LogP contribution >= 0.6 is 34.8 Å². The lowest BCUT2D eigenvalue weighted by Gasteiger charge is -2.24. The number of rotatable bonds is 8. The zero-order chi connectivity index (χ0) is 24.0. The average molecular weight is 507 g/mol. The summed E-state index contributed by atoms with van der Waals surface area (Å²) >= 11 is 18.4. The second-order valence-corrected chi connectivity index (χ2v) is 8.46. The number of benzene rings is 3. The number of nitrogens with zero attached hydrogens (tertiary/aromatic N) is 1. The van der Waals surface area contributed by atoms with E-state index in [1.807, 2.05) is 6.92 Å². The Hall–Kier alpha value is -2.73. The van der Waals surface area contributed by atoms with Crippen molar-refractivity contribution in [2.45, 2.75) is 20.4 Å². The molecule has 0 radical (unpaired) electrons. The van der Waals surface area contributed by atoms with E-state index in [4.69, 9.17) is 44.3 Å². The molecule has 33 heavy (non-hydrogen) atoms. The van der Waals surface area contributed by atoms with Crippen LogP contribution in [0, 0.1) is 6.92 Å². The van der Waals surface area contributed by atoms with E-state index in [2.05, 4.69) is 0 Å². The zero-order valence-electron chi connectivity index (χ0n) is 18.1. The van der Waals surface area contributed by atoms with Crippen molar-refractivity contribution in [1.82, 2.24) is 0 Å². The summed E-state index contributed by atoms with van der Waals surface area (Å²) in [5.41, 5.74) is 2.51. The minimum atomic E-state index is -0.427. The Bertz CT molecular complexity index is 1150. The molecule has 0 aliphatic rings. The lowest BCUT2D eigenvalue weighted by atomic mass is 10.1. The number of hydrogen-bond acceptors (Lipinski definition) is 4.